The second kappa shape index (κ2) is 8.52. The molecule has 0 aromatic heterocycles. The van der Waals surface area contributed by atoms with Crippen LogP contribution in [0.1, 0.15) is 51.5 Å². The molecule has 0 spiro atoms. The fraction of sp³-hybridized carbons (Fsp3) is 0.667. The van der Waals surface area contributed by atoms with E-state index in [2.05, 4.69) is 55.0 Å². The number of hydrogen-bond donors (Lipinski definition) is 2. The van der Waals surface area contributed by atoms with E-state index in [9.17, 15) is 0 Å². The lowest BCUT2D eigenvalue weighted by Crippen LogP contribution is -2.48. The van der Waals surface area contributed by atoms with E-state index in [-0.39, 0.29) is 5.54 Å². The van der Waals surface area contributed by atoms with Gasteiger partial charge in [-0.2, -0.15) is 0 Å². The van der Waals surface area contributed by atoms with Crippen LogP contribution in [-0.4, -0.2) is 19.8 Å². The molecule has 0 radical (unpaired) electrons. The molecule has 2 rings (SSSR count). The summed E-state index contributed by atoms with van der Waals surface area (Å²) >= 11 is 0. The zero-order chi connectivity index (χ0) is 15.0. The Morgan fingerprint density at radius 1 is 1.14 bits per heavy atom. The van der Waals surface area contributed by atoms with Crippen molar-refractivity contribution in [3.8, 4) is 0 Å². The highest BCUT2D eigenvalue weighted by atomic mass is 16.5. The van der Waals surface area contributed by atoms with Gasteiger partial charge < -0.3 is 4.74 Å². The van der Waals surface area contributed by atoms with Crippen molar-refractivity contribution < 1.29 is 4.74 Å². The van der Waals surface area contributed by atoms with E-state index in [0.717, 1.165) is 26.2 Å². The second-order valence-corrected chi connectivity index (χ2v) is 6.53. The molecule has 118 valence electrons. The van der Waals surface area contributed by atoms with Crippen molar-refractivity contribution in [2.75, 3.05) is 19.8 Å². The average Bonchev–Trinajstić information content (AvgIpc) is 2.97. The van der Waals surface area contributed by atoms with Gasteiger partial charge in [0.25, 0.3) is 0 Å². The molecule has 2 N–H and O–H groups in total. The van der Waals surface area contributed by atoms with Crippen LogP contribution in [0.3, 0.4) is 0 Å². The fourth-order valence-corrected chi connectivity index (χ4v) is 3.03. The van der Waals surface area contributed by atoms with Crippen LogP contribution in [0.2, 0.25) is 0 Å². The standard InChI is InChI=1S/C18H30N2O/c1-16(2)15-21-14-8-13-19-20-18(11-6-7-12-18)17-9-4-3-5-10-17/h3-5,9-10,16,19-20H,6-8,11-15H2,1-2H3. The monoisotopic (exact) mass is 290 g/mol. The first-order valence-corrected chi connectivity index (χ1v) is 8.36. The third-order valence-corrected chi connectivity index (χ3v) is 4.15. The Balaban J connectivity index is 1.72. The van der Waals surface area contributed by atoms with E-state index < -0.39 is 0 Å². The summed E-state index contributed by atoms with van der Waals surface area (Å²) in [6.07, 6.45) is 6.09. The maximum atomic E-state index is 5.61. The van der Waals surface area contributed by atoms with Gasteiger partial charge in [-0.3, -0.25) is 5.43 Å². The van der Waals surface area contributed by atoms with Gasteiger partial charge in [-0.1, -0.05) is 57.0 Å². The molecule has 0 unspecified atom stereocenters. The van der Waals surface area contributed by atoms with Gasteiger partial charge in [-0.05, 0) is 30.7 Å². The zero-order valence-corrected chi connectivity index (χ0v) is 13.5. The lowest BCUT2D eigenvalue weighted by molar-refractivity contribution is 0.106. The Labute approximate surface area is 129 Å². The van der Waals surface area contributed by atoms with Gasteiger partial charge in [0.2, 0.25) is 0 Å². The van der Waals surface area contributed by atoms with Gasteiger partial charge in [-0.25, -0.2) is 5.43 Å². The van der Waals surface area contributed by atoms with E-state index in [1.165, 1.54) is 31.2 Å². The fourth-order valence-electron chi connectivity index (χ4n) is 3.03. The Morgan fingerprint density at radius 2 is 1.86 bits per heavy atom. The molecular formula is C18H30N2O. The third-order valence-electron chi connectivity index (χ3n) is 4.15. The SMILES string of the molecule is CC(C)COCCCNNC1(c2ccccc2)CCCC1. The Hall–Kier alpha value is -0.900. The van der Waals surface area contributed by atoms with Gasteiger partial charge in [0.05, 0.1) is 5.54 Å². The second-order valence-electron chi connectivity index (χ2n) is 6.53. The van der Waals surface area contributed by atoms with Gasteiger partial charge in [0.15, 0.2) is 0 Å². The molecule has 0 heterocycles. The molecule has 1 fully saturated rings. The Morgan fingerprint density at radius 3 is 2.52 bits per heavy atom. The van der Waals surface area contributed by atoms with Gasteiger partial charge in [0.1, 0.15) is 0 Å². The van der Waals surface area contributed by atoms with Crippen molar-refractivity contribution in [1.82, 2.24) is 10.9 Å². The van der Waals surface area contributed by atoms with Crippen LogP contribution in [0.15, 0.2) is 30.3 Å². The molecule has 1 aromatic carbocycles. The molecule has 21 heavy (non-hydrogen) atoms. The predicted molar refractivity (Wildman–Crippen MR) is 88.0 cm³/mol. The number of nitrogens with one attached hydrogen (secondary N) is 2. The van der Waals surface area contributed by atoms with Crippen molar-refractivity contribution in [3.05, 3.63) is 35.9 Å². The molecule has 0 amide bonds. The number of rotatable bonds is 9. The van der Waals surface area contributed by atoms with Crippen molar-refractivity contribution in [2.45, 2.75) is 51.5 Å². The summed E-state index contributed by atoms with van der Waals surface area (Å²) in [5, 5.41) is 0. The molecule has 0 aliphatic heterocycles. The van der Waals surface area contributed by atoms with E-state index in [1.54, 1.807) is 0 Å². The molecule has 1 saturated carbocycles. The number of ether oxygens (including phenoxy) is 1. The maximum absolute atomic E-state index is 5.61. The first-order valence-electron chi connectivity index (χ1n) is 8.36. The zero-order valence-electron chi connectivity index (χ0n) is 13.5. The average molecular weight is 290 g/mol. The van der Waals surface area contributed by atoms with Crippen LogP contribution in [0.4, 0.5) is 0 Å². The summed E-state index contributed by atoms with van der Waals surface area (Å²) in [5.74, 6) is 0.621. The minimum Gasteiger partial charge on any atom is -0.381 e. The summed E-state index contributed by atoms with van der Waals surface area (Å²) in [7, 11) is 0. The van der Waals surface area contributed by atoms with Crippen molar-refractivity contribution in [1.29, 1.82) is 0 Å². The normalized spacial score (nSPS) is 17.5. The van der Waals surface area contributed by atoms with E-state index in [0.29, 0.717) is 5.92 Å². The highest BCUT2D eigenvalue weighted by molar-refractivity contribution is 5.25. The third kappa shape index (κ3) is 5.10. The number of hydrazine groups is 1. The predicted octanol–water partition coefficient (Wildman–Crippen LogP) is 3.61. The lowest BCUT2D eigenvalue weighted by Gasteiger charge is -2.31. The van der Waals surface area contributed by atoms with Crippen LogP contribution in [0.5, 0.6) is 0 Å². The number of benzene rings is 1. The highest BCUT2D eigenvalue weighted by Gasteiger charge is 2.34. The summed E-state index contributed by atoms with van der Waals surface area (Å²) in [6, 6.07) is 10.8. The smallest absolute Gasteiger partial charge is 0.0572 e. The van der Waals surface area contributed by atoms with Crippen molar-refractivity contribution in [2.24, 2.45) is 5.92 Å². The molecule has 1 aromatic rings. The van der Waals surface area contributed by atoms with Crippen LogP contribution >= 0.6 is 0 Å². The van der Waals surface area contributed by atoms with Gasteiger partial charge in [0, 0.05) is 19.8 Å². The lowest BCUT2D eigenvalue weighted by atomic mass is 9.89. The molecule has 0 bridgehead atoms. The Bertz CT molecular complexity index is 385. The highest BCUT2D eigenvalue weighted by Crippen LogP contribution is 2.37. The summed E-state index contributed by atoms with van der Waals surface area (Å²) in [6.45, 7) is 7.02. The molecule has 0 atom stereocenters. The van der Waals surface area contributed by atoms with Crippen molar-refractivity contribution >= 4 is 0 Å². The van der Waals surface area contributed by atoms with Crippen LogP contribution in [0, 0.1) is 5.92 Å². The first-order chi connectivity index (χ1) is 10.2. The minimum absolute atomic E-state index is 0.125. The molecular weight excluding hydrogens is 260 g/mol. The molecule has 1 aliphatic rings. The summed E-state index contributed by atoms with van der Waals surface area (Å²) in [5.41, 5.74) is 8.56. The van der Waals surface area contributed by atoms with Gasteiger partial charge >= 0.3 is 0 Å². The molecule has 3 nitrogen and oxygen atoms in total. The van der Waals surface area contributed by atoms with E-state index in [1.807, 2.05) is 0 Å². The quantitative estimate of drug-likeness (QED) is 0.538. The van der Waals surface area contributed by atoms with Crippen LogP contribution in [0.25, 0.3) is 0 Å². The largest absolute Gasteiger partial charge is 0.381 e. The van der Waals surface area contributed by atoms with Crippen molar-refractivity contribution in [3.63, 3.8) is 0 Å². The van der Waals surface area contributed by atoms with E-state index >= 15 is 0 Å². The molecule has 0 saturated heterocycles. The summed E-state index contributed by atoms with van der Waals surface area (Å²) < 4.78 is 5.61. The molecule has 1 aliphatic carbocycles. The Kier molecular flexibility index (Phi) is 6.68. The maximum Gasteiger partial charge on any atom is 0.0572 e. The minimum atomic E-state index is 0.125. The summed E-state index contributed by atoms with van der Waals surface area (Å²) in [4.78, 5) is 0. The van der Waals surface area contributed by atoms with Crippen LogP contribution in [-0.2, 0) is 10.3 Å². The first kappa shape index (κ1) is 16.5. The topological polar surface area (TPSA) is 33.3 Å². The molecule has 3 heteroatoms. The number of hydrogen-bond acceptors (Lipinski definition) is 3. The van der Waals surface area contributed by atoms with E-state index in [4.69, 9.17) is 4.74 Å². The van der Waals surface area contributed by atoms with Gasteiger partial charge in [-0.15, -0.1) is 0 Å². The van der Waals surface area contributed by atoms with Crippen LogP contribution < -0.4 is 10.9 Å².